The molecule has 118 valence electrons. The highest BCUT2D eigenvalue weighted by Crippen LogP contribution is 2.19. The molecule has 6 nitrogen and oxygen atoms in total. The van der Waals surface area contributed by atoms with E-state index < -0.39 is 0 Å². The molecule has 6 heteroatoms. The molecule has 1 aromatic heterocycles. The Bertz CT molecular complexity index is 503. The predicted octanol–water partition coefficient (Wildman–Crippen LogP) is 0.857. The number of anilines is 1. The number of methoxy groups -OCH3 is 1. The van der Waals surface area contributed by atoms with Gasteiger partial charge in [0, 0.05) is 38.9 Å². The van der Waals surface area contributed by atoms with E-state index >= 15 is 0 Å². The number of aryl methyl sites for hydroxylation is 1. The van der Waals surface area contributed by atoms with Crippen molar-refractivity contribution >= 4 is 5.69 Å². The lowest BCUT2D eigenvalue weighted by Gasteiger charge is -2.18. The largest absolute Gasteiger partial charge is 0.380 e. The third kappa shape index (κ3) is 4.28. The van der Waals surface area contributed by atoms with Crippen LogP contribution >= 0.6 is 0 Å². The number of rotatable bonds is 7. The van der Waals surface area contributed by atoms with Gasteiger partial charge < -0.3 is 15.0 Å². The van der Waals surface area contributed by atoms with Crippen LogP contribution in [0.25, 0.3) is 0 Å². The molecule has 1 aliphatic rings. The van der Waals surface area contributed by atoms with Crippen molar-refractivity contribution in [3.8, 4) is 0 Å². The van der Waals surface area contributed by atoms with E-state index in [9.17, 15) is 4.79 Å². The van der Waals surface area contributed by atoms with E-state index in [-0.39, 0.29) is 11.7 Å². The number of hydrogen-bond acceptors (Lipinski definition) is 5. The van der Waals surface area contributed by atoms with Crippen molar-refractivity contribution in [1.82, 2.24) is 15.1 Å². The number of nitrogens with one attached hydrogen (secondary N) is 1. The number of aromatic nitrogens is 2. The molecular formula is C15H26N4O2. The van der Waals surface area contributed by atoms with Gasteiger partial charge in [-0.15, -0.1) is 0 Å². The van der Waals surface area contributed by atoms with Crippen molar-refractivity contribution in [3.63, 3.8) is 0 Å². The quantitative estimate of drug-likeness (QED) is 0.808. The first kappa shape index (κ1) is 16.0. The molecule has 1 aromatic rings. The van der Waals surface area contributed by atoms with Crippen molar-refractivity contribution < 1.29 is 4.74 Å². The molecular weight excluding hydrogens is 268 g/mol. The van der Waals surface area contributed by atoms with Crippen LogP contribution in [0.15, 0.2) is 17.1 Å². The fourth-order valence-electron chi connectivity index (χ4n) is 2.69. The van der Waals surface area contributed by atoms with Gasteiger partial charge in [0.05, 0.1) is 18.0 Å². The van der Waals surface area contributed by atoms with Crippen molar-refractivity contribution in [1.29, 1.82) is 0 Å². The predicted molar refractivity (Wildman–Crippen MR) is 83.9 cm³/mol. The van der Waals surface area contributed by atoms with Crippen LogP contribution < -0.4 is 15.8 Å². The van der Waals surface area contributed by atoms with Crippen LogP contribution in [0.2, 0.25) is 0 Å². The van der Waals surface area contributed by atoms with Crippen LogP contribution in [0.5, 0.6) is 0 Å². The highest BCUT2D eigenvalue weighted by Gasteiger charge is 2.22. The first-order valence-corrected chi connectivity index (χ1v) is 7.72. The Balaban J connectivity index is 1.96. The Labute approximate surface area is 126 Å². The molecule has 1 aliphatic heterocycles. The van der Waals surface area contributed by atoms with E-state index in [1.807, 2.05) is 0 Å². The van der Waals surface area contributed by atoms with E-state index in [1.54, 1.807) is 24.1 Å². The molecule has 0 amide bonds. The summed E-state index contributed by atoms with van der Waals surface area (Å²) in [6.45, 7) is 7.54. The van der Waals surface area contributed by atoms with Crippen LogP contribution in [-0.2, 0) is 11.3 Å². The molecule has 2 atom stereocenters. The highest BCUT2D eigenvalue weighted by molar-refractivity contribution is 5.44. The molecule has 1 N–H and O–H groups in total. The van der Waals surface area contributed by atoms with Crippen molar-refractivity contribution in [2.24, 2.45) is 0 Å². The molecule has 0 aliphatic carbocycles. The van der Waals surface area contributed by atoms with E-state index in [0.717, 1.165) is 38.2 Å². The molecule has 2 unspecified atom stereocenters. The second kappa shape index (κ2) is 7.56. The van der Waals surface area contributed by atoms with Crippen LogP contribution in [0.3, 0.4) is 0 Å². The number of ether oxygens (including phenoxy) is 1. The average Bonchev–Trinajstić information content (AvgIpc) is 2.95. The standard InChI is InChI=1S/C15H26N4O2/c1-4-16-12(2)5-8-19-15(20)9-13(10-17-19)18-7-6-14(11-18)21-3/h9-10,12,14,16H,4-8,11H2,1-3H3. The van der Waals surface area contributed by atoms with Gasteiger partial charge >= 0.3 is 0 Å². The minimum absolute atomic E-state index is 0.0305. The maximum absolute atomic E-state index is 12.1. The SMILES string of the molecule is CCNC(C)CCn1ncc(N2CCC(OC)C2)cc1=O. The van der Waals surface area contributed by atoms with Gasteiger partial charge in [0.15, 0.2) is 0 Å². The normalized spacial score (nSPS) is 20.0. The van der Waals surface area contributed by atoms with Gasteiger partial charge in [-0.3, -0.25) is 4.79 Å². The zero-order valence-electron chi connectivity index (χ0n) is 13.2. The zero-order chi connectivity index (χ0) is 15.2. The topological polar surface area (TPSA) is 59.4 Å². The molecule has 0 radical (unpaired) electrons. The second-order valence-electron chi connectivity index (χ2n) is 5.61. The molecule has 0 spiro atoms. The third-order valence-electron chi connectivity index (χ3n) is 4.03. The Morgan fingerprint density at radius 1 is 1.57 bits per heavy atom. The van der Waals surface area contributed by atoms with Crippen molar-refractivity contribution in [3.05, 3.63) is 22.6 Å². The highest BCUT2D eigenvalue weighted by atomic mass is 16.5. The summed E-state index contributed by atoms with van der Waals surface area (Å²) >= 11 is 0. The molecule has 0 saturated carbocycles. The summed E-state index contributed by atoms with van der Waals surface area (Å²) in [6.07, 6.45) is 3.94. The lowest BCUT2D eigenvalue weighted by molar-refractivity contribution is 0.121. The molecule has 21 heavy (non-hydrogen) atoms. The molecule has 1 saturated heterocycles. The molecule has 1 fully saturated rings. The van der Waals surface area contributed by atoms with Crippen molar-refractivity contribution in [2.45, 2.75) is 45.4 Å². The summed E-state index contributed by atoms with van der Waals surface area (Å²) in [5, 5.41) is 7.64. The van der Waals surface area contributed by atoms with Gasteiger partial charge in [-0.1, -0.05) is 6.92 Å². The minimum Gasteiger partial charge on any atom is -0.380 e. The van der Waals surface area contributed by atoms with Gasteiger partial charge in [-0.05, 0) is 26.3 Å². The first-order chi connectivity index (χ1) is 10.1. The molecule has 2 rings (SSSR count). The minimum atomic E-state index is -0.0305. The van der Waals surface area contributed by atoms with Crippen LogP contribution in [-0.4, -0.2) is 48.7 Å². The van der Waals surface area contributed by atoms with Crippen LogP contribution in [0.4, 0.5) is 5.69 Å². The molecule has 0 bridgehead atoms. The smallest absolute Gasteiger partial charge is 0.268 e. The summed E-state index contributed by atoms with van der Waals surface area (Å²) in [5.41, 5.74) is 0.868. The average molecular weight is 294 g/mol. The summed E-state index contributed by atoms with van der Waals surface area (Å²) in [5.74, 6) is 0. The van der Waals surface area contributed by atoms with Crippen molar-refractivity contribution in [2.75, 3.05) is 31.6 Å². The van der Waals surface area contributed by atoms with Crippen LogP contribution in [0, 0.1) is 0 Å². The second-order valence-corrected chi connectivity index (χ2v) is 5.61. The first-order valence-electron chi connectivity index (χ1n) is 7.72. The lowest BCUT2D eigenvalue weighted by atomic mass is 10.2. The monoisotopic (exact) mass is 294 g/mol. The van der Waals surface area contributed by atoms with Gasteiger partial charge in [-0.25, -0.2) is 4.68 Å². The van der Waals surface area contributed by atoms with Gasteiger partial charge in [-0.2, -0.15) is 5.10 Å². The number of nitrogens with zero attached hydrogens (tertiary/aromatic N) is 3. The molecule has 0 aromatic carbocycles. The van der Waals surface area contributed by atoms with Gasteiger partial charge in [0.25, 0.3) is 5.56 Å². The maximum Gasteiger partial charge on any atom is 0.268 e. The Hall–Kier alpha value is -1.40. The summed E-state index contributed by atoms with van der Waals surface area (Å²) in [6, 6.07) is 2.08. The van der Waals surface area contributed by atoms with Gasteiger partial charge in [0.2, 0.25) is 0 Å². The maximum atomic E-state index is 12.1. The Kier molecular flexibility index (Phi) is 5.76. The summed E-state index contributed by atoms with van der Waals surface area (Å²) in [4.78, 5) is 14.3. The van der Waals surface area contributed by atoms with E-state index in [4.69, 9.17) is 4.74 Å². The lowest BCUT2D eigenvalue weighted by Crippen LogP contribution is -2.31. The van der Waals surface area contributed by atoms with Gasteiger partial charge in [0.1, 0.15) is 0 Å². The van der Waals surface area contributed by atoms with E-state index in [1.165, 1.54) is 0 Å². The number of hydrogen-bond donors (Lipinski definition) is 1. The summed E-state index contributed by atoms with van der Waals surface area (Å²) in [7, 11) is 1.73. The zero-order valence-corrected chi connectivity index (χ0v) is 13.2. The van der Waals surface area contributed by atoms with E-state index in [0.29, 0.717) is 12.6 Å². The molecule has 2 heterocycles. The third-order valence-corrected chi connectivity index (χ3v) is 4.03. The van der Waals surface area contributed by atoms with E-state index in [2.05, 4.69) is 29.2 Å². The Morgan fingerprint density at radius 3 is 3.00 bits per heavy atom. The Morgan fingerprint density at radius 2 is 2.38 bits per heavy atom. The fourth-order valence-corrected chi connectivity index (χ4v) is 2.69. The summed E-state index contributed by atoms with van der Waals surface area (Å²) < 4.78 is 6.90. The van der Waals surface area contributed by atoms with Crippen LogP contribution in [0.1, 0.15) is 26.7 Å². The fraction of sp³-hybridized carbons (Fsp3) is 0.733.